The maximum absolute atomic E-state index is 8.74. The predicted molar refractivity (Wildman–Crippen MR) is 1570 cm³/mol. The third-order valence-electron chi connectivity index (χ3n) is 9.83. The van der Waals surface area contributed by atoms with Gasteiger partial charge in [0.05, 0.1) is 50.4 Å². The molecule has 0 spiro atoms. The molecule has 111 heteroatoms. The second-order valence-electron chi connectivity index (χ2n) is 16.8. The van der Waals surface area contributed by atoms with Crippen LogP contribution in [0.2, 0.25) is 15.1 Å². The molecule has 0 aliphatic heterocycles. The Morgan fingerprint density at radius 2 is 0.479 bits per heavy atom. The molecule has 1 heterocycles. The number of nitrogen functional groups attached to an aromatic ring is 1. The minimum absolute atomic E-state index is 0. The Balaban J connectivity index is 0. The molecule has 0 fully saturated rings. The quantitative estimate of drug-likeness (QED) is 0.0300. The van der Waals surface area contributed by atoms with Crippen LogP contribution in [-0.2, 0) is 28.0 Å². The number of nitrogens with two attached hydrogens (primary N) is 1. The van der Waals surface area contributed by atoms with Gasteiger partial charge in [-0.25, -0.2) is 0 Å². The molecule has 0 unspecified atom stereocenters. The molecule has 5 rings (SSSR count). The van der Waals surface area contributed by atoms with Crippen molar-refractivity contribution in [2.24, 2.45) is 0 Å². The molecule has 4 aromatic carbocycles. The number of alkyl halides is 1. The fourth-order valence-electron chi connectivity index (χ4n) is 5.25. The molecule has 146 heavy (non-hydrogen) atoms. The minimum Gasteiger partial charge on any atom is -0.192 e. The number of nitriles is 3. The van der Waals surface area contributed by atoms with E-state index in [9.17, 15) is 0 Å². The summed E-state index contributed by atoms with van der Waals surface area (Å²) in [7, 11) is -21.6. The number of hydrogen-bond acceptors (Lipinski definition) is 8. The van der Waals surface area contributed by atoms with E-state index in [0.29, 0.717) is 75.0 Å². The summed E-state index contributed by atoms with van der Waals surface area (Å²) in [6.45, 7) is 2.80. The van der Waals surface area contributed by atoms with Crippen LogP contribution in [0.1, 0.15) is 46.4 Å². The molecule has 0 saturated heterocycles. The van der Waals surface area contributed by atoms with Gasteiger partial charge in [0.15, 0.2) is 11.4 Å². The molecular weight excluding hydrogens is 13300 g/mol. The van der Waals surface area contributed by atoms with Crippen molar-refractivity contribution in [2.45, 2.75) is 32.9 Å². The predicted octanol–water partition coefficient (Wildman–Crippen LogP) is 94.0. The first-order chi connectivity index (χ1) is 67.1. The van der Waals surface area contributed by atoms with Crippen LogP contribution >= 0.6 is 1370 Å². The van der Waals surface area contributed by atoms with Crippen LogP contribution in [0.15, 0.2) is 77.3 Å². The standard InChI is InChI=1S/C9H8ClNO.C9H10N2O2.C8H5BrClN.C8H6ClN.CH4.I50.I49/c1-12-6-7-3-2-4-9(10)8(7)5-11;1-12-5-6-3-2-4-7-8(6)9(10)11-13-7;9-4-6-2-1-3-8(10)7(6)5-11;1-6-3-2-4-8(9)7(6)5-10;;1-27(2)29(5)31(7)33(9)35(11)37(13)39(15)41(17)43(19)45(21)47(23)49(25)50(26)48(24)46(22)44(20)42(18)40(16)38(14)36(12)34(10)32(8)30(6)28(3)4;1-26-28(4)30(6)32(8)34(10)36(12)38(14)40(16)42(18)44(20)46(22)48(24)49(25)47(23)45(21)43(19)41(17)39(15)37(13)35(11)33(9)31(7)29(5)27(2)3/h2-4H,6H2,1H3;2-4H,5H2,1H3,(H2,10,11);1-3H,4H2;2-4H,1H3;1H4;;/q;;;;;;-1. The number of hydrogen-bond donors (Lipinski definition) is 1. The summed E-state index contributed by atoms with van der Waals surface area (Å²) in [5.74, 6) is 0.419. The number of rotatable bonds is 51. The molecule has 1 aromatic heterocycles. The molecular formula is C35H33BrCl3I99N5O3-. The molecule has 0 saturated carbocycles. The molecule has 0 aliphatic rings. The SMILES string of the molecule is C.COCc1cccc(Cl)c1C#N.COCc1cccc2onc(N)c12.Cc1cccc(Cl)c1C#N.II(I)I(I)I(I)I(I)I(I)I(I)I(I)I(I)I(I)I(I)I(I)I(I)I(I)I(I)I(I)I(I)I(I)I(I)I(I)I(I)I(I)I(I)I(I)I(I)I.I[I-]I(I)I(I)I(I)I(I)I(I)I(I)I(I)I(I)I(I)I(I)I(I)I(I)I(I)I(I)I(I)I(I)I(I)I(I)I(I)I(I)I(I)I(I)I(I)I.N#Cc1c(Cl)cccc1CBr. The second kappa shape index (κ2) is 130. The molecule has 0 aliphatic carbocycles. The van der Waals surface area contributed by atoms with Crippen LogP contribution in [0, 0.1) is 40.9 Å². The average molecular weight is 13300 g/mol. The van der Waals surface area contributed by atoms with E-state index in [0.717, 1.165) is 27.6 Å². The Morgan fingerprint density at radius 3 is 0.671 bits per heavy atom. The van der Waals surface area contributed by atoms with Gasteiger partial charge in [-0.2, -0.15) is 15.8 Å². The van der Waals surface area contributed by atoms with E-state index in [1.165, 1.54) is 0 Å². The van der Waals surface area contributed by atoms with Gasteiger partial charge in [-0.05, 0) is 53.4 Å². The number of benzene rings is 4. The first-order valence-electron chi connectivity index (χ1n) is 27.2. The van der Waals surface area contributed by atoms with Crippen LogP contribution in [-0.4, -0.2) is 19.4 Å². The topological polar surface area (TPSA) is 142 Å². The number of halogens is 103. The van der Waals surface area contributed by atoms with Crippen LogP contribution in [0.3, 0.4) is 0 Å². The average Bonchev–Trinajstić information content (AvgIpc) is 1.78. The van der Waals surface area contributed by atoms with Crippen molar-refractivity contribution in [1.29, 1.82) is 15.8 Å². The Kier molecular flexibility index (Phi) is 193. The number of anilines is 1. The fraction of sp³-hybridized carbons (Fsp3) is 0.200. The number of methoxy groups -OCH3 is 2. The van der Waals surface area contributed by atoms with Crippen molar-refractivity contribution in [3.63, 3.8) is 0 Å². The van der Waals surface area contributed by atoms with Crippen LogP contribution < -0.4 is 19.0 Å². The van der Waals surface area contributed by atoms with E-state index in [1.807, 2.05) is 67.6 Å². The number of fused-ring (bicyclic) bond motifs is 1. The van der Waals surface area contributed by atoms with Crippen molar-refractivity contribution in [3.8, 4) is 18.2 Å². The number of ether oxygens (including phenoxy) is 2. The summed E-state index contributed by atoms with van der Waals surface area (Å²) in [5.41, 5.74) is 11.7. The van der Waals surface area contributed by atoms with Crippen LogP contribution in [0.4, 0.5) is 5.82 Å². The van der Waals surface area contributed by atoms with E-state index < -0.39 is 371 Å². The van der Waals surface area contributed by atoms with Gasteiger partial charge in [0, 0.05) is 19.5 Å². The smallest absolute Gasteiger partial charge is 0.101 e. The van der Waals surface area contributed by atoms with E-state index in [1.54, 1.807) is 38.5 Å². The van der Waals surface area contributed by atoms with Crippen molar-refractivity contribution >= 4 is 1390 Å². The second-order valence-corrected chi connectivity index (χ2v) is 2330. The zero-order valence-electron chi connectivity index (χ0n) is 62.6. The van der Waals surface area contributed by atoms with Gasteiger partial charge in [0.1, 0.15) is 18.2 Å². The molecule has 938 valence electrons. The third-order valence-corrected chi connectivity index (χ3v) is 7530. The zero-order chi connectivity index (χ0) is 113. The first kappa shape index (κ1) is 216. The Labute approximate surface area is 1550 Å². The largest absolute Gasteiger partial charge is 0.192 e. The number of nitrogens with zero attached hydrogens (tertiary/aromatic N) is 4. The monoisotopic (exact) mass is 13300 g/mol. The summed E-state index contributed by atoms with van der Waals surface area (Å²) in [6.07, 6.45) is 0. The summed E-state index contributed by atoms with van der Waals surface area (Å²) in [4.78, 5) is 0. The number of aromatic nitrogens is 1. The van der Waals surface area contributed by atoms with Gasteiger partial charge in [0.2, 0.25) is 0 Å². The van der Waals surface area contributed by atoms with Gasteiger partial charge in [-0.15, -0.1) is 0 Å². The third kappa shape index (κ3) is 87.3. The summed E-state index contributed by atoms with van der Waals surface area (Å²) in [6, 6.07) is 27.9. The Bertz CT molecular complexity index is 4500. The first-order valence-corrected chi connectivity index (χ1v) is 639. The van der Waals surface area contributed by atoms with Gasteiger partial charge in [0.25, 0.3) is 0 Å². The van der Waals surface area contributed by atoms with Gasteiger partial charge >= 0.3 is 1330 Å². The van der Waals surface area contributed by atoms with Crippen molar-refractivity contribution in [3.05, 3.63) is 127 Å². The maximum Gasteiger partial charge on any atom is 0.101 e. The van der Waals surface area contributed by atoms with Crippen molar-refractivity contribution in [2.75, 3.05) is 20.0 Å². The van der Waals surface area contributed by atoms with Crippen molar-refractivity contribution in [1.82, 2.24) is 5.16 Å². The Morgan fingerprint density at radius 1 is 0.295 bits per heavy atom. The summed E-state index contributed by atoms with van der Waals surface area (Å²) in [5, 5.41) is 32.7. The minimum atomic E-state index is -0.577. The van der Waals surface area contributed by atoms with E-state index in [4.69, 9.17) is 70.3 Å². The summed E-state index contributed by atoms with van der Waals surface area (Å²) < 4.78 is 15.0. The molecule has 0 atom stereocenters. The summed E-state index contributed by atoms with van der Waals surface area (Å²) >= 11 is 188. The van der Waals surface area contributed by atoms with Gasteiger partial charge < -0.3 is 19.7 Å². The molecule has 2 N–H and O–H groups in total. The van der Waals surface area contributed by atoms with Crippen LogP contribution in [0.25, 0.3) is 11.0 Å². The fourth-order valence-corrected chi connectivity index (χ4v) is 18200. The van der Waals surface area contributed by atoms with Crippen LogP contribution in [0.5, 0.6) is 0 Å². The molecule has 0 radical (unpaired) electrons. The Hall–Kier alpha value is 68.2. The van der Waals surface area contributed by atoms with Gasteiger partial charge in [-0.3, -0.25) is 0 Å². The normalized spacial score (nSPS) is 15.8. The molecule has 8 nitrogen and oxygen atoms in total. The van der Waals surface area contributed by atoms with Gasteiger partial charge in [-0.1, -0.05) is 112 Å². The zero-order valence-corrected chi connectivity index (χ0v) is 280. The molecule has 0 amide bonds. The molecule has 5 aromatic rings. The maximum atomic E-state index is 8.74. The molecule has 0 bridgehead atoms. The van der Waals surface area contributed by atoms with E-state index in [-0.39, 0.29) is 7.43 Å². The number of aryl methyl sites for hydroxylation is 1. The van der Waals surface area contributed by atoms with Crippen molar-refractivity contribution < 1.29 is 27.3 Å². The van der Waals surface area contributed by atoms with E-state index >= 15 is 0 Å². The van der Waals surface area contributed by atoms with E-state index in [2.05, 4.69) is 977 Å².